The number of carbonyl (C=O) groups is 2. The Kier molecular flexibility index (Phi) is 6.51. The number of hydrogen-bond donors (Lipinski definition) is 2. The smallest absolute Gasteiger partial charge is 0.315 e. The molecule has 0 aromatic heterocycles. The number of urea groups is 1. The first-order valence-corrected chi connectivity index (χ1v) is 10.8. The molecule has 0 aliphatic carbocycles. The lowest BCUT2D eigenvalue weighted by Crippen LogP contribution is -2.49. The Morgan fingerprint density at radius 1 is 1.03 bits per heavy atom. The second kappa shape index (κ2) is 9.47. The molecule has 0 radical (unpaired) electrons. The first kappa shape index (κ1) is 21.3. The fraction of sp³-hybridized carbons (Fsp3) is 0.417. The van der Waals surface area contributed by atoms with Crippen molar-refractivity contribution < 1.29 is 18.7 Å². The maximum absolute atomic E-state index is 13.8. The molecule has 1 fully saturated rings. The van der Waals surface area contributed by atoms with Crippen LogP contribution in [0.15, 0.2) is 48.5 Å². The van der Waals surface area contributed by atoms with Crippen LogP contribution in [0.2, 0.25) is 0 Å². The lowest BCUT2D eigenvalue weighted by atomic mass is 9.74. The zero-order valence-electron chi connectivity index (χ0n) is 17.5. The lowest BCUT2D eigenvalue weighted by Gasteiger charge is -2.38. The minimum absolute atomic E-state index is 0.0515. The molecule has 0 bridgehead atoms. The molecule has 164 valence electrons. The summed E-state index contributed by atoms with van der Waals surface area (Å²) in [6.07, 6.45) is 2.22. The highest BCUT2D eigenvalue weighted by Gasteiger charge is 2.35. The Bertz CT molecular complexity index is 943. The first-order valence-electron chi connectivity index (χ1n) is 10.8. The highest BCUT2D eigenvalue weighted by Crippen LogP contribution is 2.34. The number of ether oxygens (including phenoxy) is 1. The molecular formula is C24H28FN3O3. The number of nitrogens with zero attached hydrogens (tertiary/aromatic N) is 1. The average Bonchev–Trinajstić information content (AvgIpc) is 2.81. The van der Waals surface area contributed by atoms with Gasteiger partial charge >= 0.3 is 6.03 Å². The average molecular weight is 426 g/mol. The van der Waals surface area contributed by atoms with Crippen LogP contribution >= 0.6 is 0 Å². The number of benzene rings is 2. The second-order valence-electron chi connectivity index (χ2n) is 8.27. The standard InChI is InChI=1S/C24H28FN3O3/c25-21-7-3-6-20(14-21)24(9-12-31-13-10-24)17-27-23(30)26-15-22(29)28-11-8-18-4-1-2-5-19(18)16-28/h1-7,14H,8-13,15-17H2,(H2,26,27,30). The predicted octanol–water partition coefficient (Wildman–Crippen LogP) is 2.76. The molecule has 0 saturated carbocycles. The van der Waals surface area contributed by atoms with Gasteiger partial charge in [-0.05, 0) is 48.1 Å². The SMILES string of the molecule is O=C(NCC(=O)N1CCc2ccccc2C1)NCC1(c2cccc(F)c2)CCOCC1. The molecular weight excluding hydrogens is 397 g/mol. The molecule has 0 unspecified atom stereocenters. The van der Waals surface area contributed by atoms with Gasteiger partial charge in [-0.1, -0.05) is 36.4 Å². The number of amides is 3. The van der Waals surface area contributed by atoms with Crippen molar-refractivity contribution in [2.24, 2.45) is 0 Å². The van der Waals surface area contributed by atoms with E-state index in [1.165, 1.54) is 17.7 Å². The van der Waals surface area contributed by atoms with E-state index in [0.717, 1.165) is 17.5 Å². The summed E-state index contributed by atoms with van der Waals surface area (Å²) >= 11 is 0. The Labute approximate surface area is 181 Å². The normalized spacial score (nSPS) is 17.5. The third-order valence-electron chi connectivity index (χ3n) is 6.36. The van der Waals surface area contributed by atoms with Gasteiger partial charge in [-0.2, -0.15) is 0 Å². The topological polar surface area (TPSA) is 70.7 Å². The van der Waals surface area contributed by atoms with Crippen molar-refractivity contribution in [3.63, 3.8) is 0 Å². The van der Waals surface area contributed by atoms with Crippen molar-refractivity contribution in [2.45, 2.75) is 31.2 Å². The number of halogens is 1. The van der Waals surface area contributed by atoms with Gasteiger partial charge in [-0.25, -0.2) is 9.18 Å². The van der Waals surface area contributed by atoms with Crippen molar-refractivity contribution in [1.29, 1.82) is 0 Å². The fourth-order valence-electron chi connectivity index (χ4n) is 4.44. The van der Waals surface area contributed by atoms with Crippen LogP contribution in [0.5, 0.6) is 0 Å². The highest BCUT2D eigenvalue weighted by molar-refractivity contribution is 5.84. The van der Waals surface area contributed by atoms with E-state index >= 15 is 0 Å². The summed E-state index contributed by atoms with van der Waals surface area (Å²) in [6.45, 7) is 2.66. The Hall–Kier alpha value is -2.93. The van der Waals surface area contributed by atoms with E-state index in [4.69, 9.17) is 4.74 Å². The maximum Gasteiger partial charge on any atom is 0.315 e. The molecule has 2 aromatic carbocycles. The zero-order chi connectivity index (χ0) is 21.7. The van der Waals surface area contributed by atoms with Gasteiger partial charge in [0.25, 0.3) is 0 Å². The van der Waals surface area contributed by atoms with E-state index < -0.39 is 6.03 Å². The van der Waals surface area contributed by atoms with E-state index in [-0.39, 0.29) is 23.7 Å². The summed E-state index contributed by atoms with van der Waals surface area (Å²) in [5.74, 6) is -0.392. The van der Waals surface area contributed by atoms with Gasteiger partial charge in [-0.3, -0.25) is 4.79 Å². The Morgan fingerprint density at radius 2 is 1.81 bits per heavy atom. The third-order valence-corrected chi connectivity index (χ3v) is 6.36. The van der Waals surface area contributed by atoms with Crippen molar-refractivity contribution in [3.8, 4) is 0 Å². The minimum atomic E-state index is -0.395. The molecule has 7 heteroatoms. The summed E-state index contributed by atoms with van der Waals surface area (Å²) in [5, 5.41) is 5.56. The molecule has 4 rings (SSSR count). The second-order valence-corrected chi connectivity index (χ2v) is 8.27. The molecule has 31 heavy (non-hydrogen) atoms. The van der Waals surface area contributed by atoms with Crippen molar-refractivity contribution >= 4 is 11.9 Å². The maximum atomic E-state index is 13.8. The Balaban J connectivity index is 1.30. The van der Waals surface area contributed by atoms with Gasteiger partial charge in [0.2, 0.25) is 5.91 Å². The summed E-state index contributed by atoms with van der Waals surface area (Å²) in [6, 6.07) is 14.3. The van der Waals surface area contributed by atoms with Crippen LogP contribution < -0.4 is 10.6 Å². The zero-order valence-corrected chi connectivity index (χ0v) is 17.5. The molecule has 3 amide bonds. The number of hydrogen-bond acceptors (Lipinski definition) is 3. The summed E-state index contributed by atoms with van der Waals surface area (Å²) in [5.41, 5.74) is 2.91. The molecule has 2 aliphatic rings. The van der Waals surface area contributed by atoms with E-state index in [1.54, 1.807) is 11.0 Å². The Morgan fingerprint density at radius 3 is 2.58 bits per heavy atom. The molecule has 2 heterocycles. The molecule has 0 atom stereocenters. The van der Waals surface area contributed by atoms with E-state index in [1.807, 2.05) is 24.3 Å². The lowest BCUT2D eigenvalue weighted by molar-refractivity contribution is -0.131. The fourth-order valence-corrected chi connectivity index (χ4v) is 4.44. The molecule has 1 saturated heterocycles. The molecule has 2 N–H and O–H groups in total. The van der Waals surface area contributed by atoms with Crippen LogP contribution in [0.3, 0.4) is 0 Å². The van der Waals surface area contributed by atoms with E-state index in [0.29, 0.717) is 45.7 Å². The first-order chi connectivity index (χ1) is 15.1. The van der Waals surface area contributed by atoms with Gasteiger partial charge in [0, 0.05) is 38.3 Å². The van der Waals surface area contributed by atoms with Crippen molar-refractivity contribution in [1.82, 2.24) is 15.5 Å². The van der Waals surface area contributed by atoms with Gasteiger partial charge in [0.05, 0.1) is 6.54 Å². The predicted molar refractivity (Wildman–Crippen MR) is 115 cm³/mol. The van der Waals surface area contributed by atoms with E-state index in [9.17, 15) is 14.0 Å². The van der Waals surface area contributed by atoms with Crippen LogP contribution in [-0.4, -0.2) is 49.7 Å². The van der Waals surface area contributed by atoms with E-state index in [2.05, 4.69) is 16.7 Å². The third kappa shape index (κ3) is 5.05. The monoisotopic (exact) mass is 425 g/mol. The van der Waals surface area contributed by atoms with Crippen molar-refractivity contribution in [3.05, 3.63) is 71.0 Å². The summed E-state index contributed by atoms with van der Waals surface area (Å²) < 4.78 is 19.3. The van der Waals surface area contributed by atoms with Crippen LogP contribution in [0.1, 0.15) is 29.5 Å². The van der Waals surface area contributed by atoms with Gasteiger partial charge in [-0.15, -0.1) is 0 Å². The molecule has 2 aromatic rings. The quantitative estimate of drug-likeness (QED) is 0.774. The number of rotatable bonds is 5. The van der Waals surface area contributed by atoms with Crippen LogP contribution in [0.25, 0.3) is 0 Å². The molecule has 2 aliphatic heterocycles. The number of carbonyl (C=O) groups excluding carboxylic acids is 2. The van der Waals surface area contributed by atoms with Crippen molar-refractivity contribution in [2.75, 3.05) is 32.8 Å². The van der Waals surface area contributed by atoms with Crippen LogP contribution in [0, 0.1) is 5.82 Å². The highest BCUT2D eigenvalue weighted by atomic mass is 19.1. The molecule has 6 nitrogen and oxygen atoms in total. The number of fused-ring (bicyclic) bond motifs is 1. The summed E-state index contributed by atoms with van der Waals surface area (Å²) in [4.78, 5) is 26.8. The number of nitrogens with one attached hydrogen (secondary N) is 2. The van der Waals surface area contributed by atoms with Gasteiger partial charge in [0.15, 0.2) is 0 Å². The van der Waals surface area contributed by atoms with Crippen LogP contribution in [-0.2, 0) is 27.9 Å². The summed E-state index contributed by atoms with van der Waals surface area (Å²) in [7, 11) is 0. The van der Waals surface area contributed by atoms with Gasteiger partial charge < -0.3 is 20.3 Å². The van der Waals surface area contributed by atoms with Crippen LogP contribution in [0.4, 0.5) is 9.18 Å². The minimum Gasteiger partial charge on any atom is -0.381 e. The van der Waals surface area contributed by atoms with Gasteiger partial charge in [0.1, 0.15) is 5.82 Å². The molecule has 0 spiro atoms. The largest absolute Gasteiger partial charge is 0.381 e.